The van der Waals surface area contributed by atoms with Crippen molar-refractivity contribution in [3.8, 4) is 5.75 Å². The average Bonchev–Trinajstić information content (AvgIpc) is 2.73. The third-order valence-electron chi connectivity index (χ3n) is 4.57. The summed E-state index contributed by atoms with van der Waals surface area (Å²) >= 11 is 0. The quantitative estimate of drug-likeness (QED) is 0.421. The molecule has 1 heterocycles. The van der Waals surface area contributed by atoms with E-state index < -0.39 is 0 Å². The maximum Gasteiger partial charge on any atom is 0.126 e. The van der Waals surface area contributed by atoms with E-state index in [9.17, 15) is 0 Å². The molecule has 0 spiro atoms. The number of ether oxygens (including phenoxy) is 1. The van der Waals surface area contributed by atoms with Gasteiger partial charge in [-0.1, -0.05) is 78.9 Å². The van der Waals surface area contributed by atoms with Crippen LogP contribution in [0.4, 0.5) is 0 Å². The Morgan fingerprint density at radius 2 is 1.63 bits per heavy atom. The fraction of sp³-hybridized carbons (Fsp3) is 0.0800. The van der Waals surface area contributed by atoms with Gasteiger partial charge in [0.15, 0.2) is 0 Å². The summed E-state index contributed by atoms with van der Waals surface area (Å²) in [6.45, 7) is 2.57. The van der Waals surface area contributed by atoms with Crippen LogP contribution in [0.2, 0.25) is 0 Å². The largest absolute Gasteiger partial charge is 0.488 e. The fourth-order valence-corrected chi connectivity index (χ4v) is 3.07. The van der Waals surface area contributed by atoms with E-state index in [1.54, 1.807) is 0 Å². The van der Waals surface area contributed by atoms with Gasteiger partial charge in [0.25, 0.3) is 0 Å². The zero-order chi connectivity index (χ0) is 18.5. The van der Waals surface area contributed by atoms with Crippen LogP contribution in [-0.2, 0) is 6.61 Å². The molecule has 2 nitrogen and oxygen atoms in total. The molecule has 0 saturated carbocycles. The van der Waals surface area contributed by atoms with Gasteiger partial charge in [0.1, 0.15) is 12.4 Å². The lowest BCUT2D eigenvalue weighted by atomic mass is 10.0. The predicted molar refractivity (Wildman–Crippen MR) is 113 cm³/mol. The first-order chi connectivity index (χ1) is 13.3. The lowest BCUT2D eigenvalue weighted by molar-refractivity contribution is 0.303. The van der Waals surface area contributed by atoms with Crippen molar-refractivity contribution in [2.75, 3.05) is 0 Å². The second-order valence-electron chi connectivity index (χ2n) is 6.55. The molecule has 0 aliphatic rings. The van der Waals surface area contributed by atoms with Gasteiger partial charge >= 0.3 is 0 Å². The predicted octanol–water partition coefficient (Wildman–Crippen LogP) is 6.29. The van der Waals surface area contributed by atoms with E-state index in [1.165, 1.54) is 16.3 Å². The number of hydrogen-bond acceptors (Lipinski definition) is 2. The summed E-state index contributed by atoms with van der Waals surface area (Å²) in [5.41, 5.74) is 4.26. The molecule has 0 atom stereocenters. The first-order valence-electron chi connectivity index (χ1n) is 9.09. The molecule has 1 aromatic heterocycles. The third-order valence-corrected chi connectivity index (χ3v) is 4.57. The van der Waals surface area contributed by atoms with E-state index in [0.29, 0.717) is 6.61 Å². The topological polar surface area (TPSA) is 22.1 Å². The summed E-state index contributed by atoms with van der Waals surface area (Å²) in [6, 6.07) is 26.9. The van der Waals surface area contributed by atoms with Crippen LogP contribution in [-0.4, -0.2) is 4.98 Å². The zero-order valence-electron chi connectivity index (χ0n) is 15.3. The van der Waals surface area contributed by atoms with Gasteiger partial charge in [0, 0.05) is 17.8 Å². The van der Waals surface area contributed by atoms with E-state index in [2.05, 4.69) is 65.7 Å². The van der Waals surface area contributed by atoms with Crippen LogP contribution in [0.25, 0.3) is 22.9 Å². The highest BCUT2D eigenvalue weighted by Gasteiger charge is 2.03. The number of pyridine rings is 1. The van der Waals surface area contributed by atoms with Crippen molar-refractivity contribution in [1.29, 1.82) is 0 Å². The minimum absolute atomic E-state index is 0.554. The summed E-state index contributed by atoms with van der Waals surface area (Å²) in [5.74, 6) is 0.867. The molecule has 0 aliphatic carbocycles. The number of hydrogen-bond donors (Lipinski definition) is 0. The molecule has 27 heavy (non-hydrogen) atoms. The van der Waals surface area contributed by atoms with Crippen molar-refractivity contribution in [3.63, 3.8) is 0 Å². The molecule has 3 aromatic carbocycles. The Labute approximate surface area is 159 Å². The first kappa shape index (κ1) is 17.0. The molecule has 0 aliphatic heterocycles. The molecule has 0 bridgehead atoms. The number of nitrogens with zero attached hydrogens (tertiary/aromatic N) is 1. The molecule has 4 aromatic rings. The van der Waals surface area contributed by atoms with Crippen molar-refractivity contribution in [1.82, 2.24) is 4.98 Å². The number of rotatable bonds is 5. The molecule has 2 heteroatoms. The number of aryl methyl sites for hydroxylation is 1. The van der Waals surface area contributed by atoms with Gasteiger partial charge in [-0.05, 0) is 34.9 Å². The second kappa shape index (κ2) is 7.88. The molecule has 0 fully saturated rings. The Morgan fingerprint density at radius 3 is 2.52 bits per heavy atom. The van der Waals surface area contributed by atoms with E-state index in [4.69, 9.17) is 4.74 Å². The van der Waals surface area contributed by atoms with E-state index in [0.717, 1.165) is 22.6 Å². The third kappa shape index (κ3) is 4.06. The van der Waals surface area contributed by atoms with Crippen LogP contribution < -0.4 is 4.74 Å². The smallest absolute Gasteiger partial charge is 0.126 e. The lowest BCUT2D eigenvalue weighted by Crippen LogP contribution is -1.98. The van der Waals surface area contributed by atoms with E-state index >= 15 is 0 Å². The highest BCUT2D eigenvalue weighted by molar-refractivity contribution is 5.92. The van der Waals surface area contributed by atoms with Crippen LogP contribution in [0.15, 0.2) is 85.1 Å². The summed E-state index contributed by atoms with van der Waals surface area (Å²) in [4.78, 5) is 4.52. The van der Waals surface area contributed by atoms with Gasteiger partial charge in [-0.3, -0.25) is 4.98 Å². The SMILES string of the molecule is Cc1cnc(/C=C\c2cccc3ccccc23)cc1OCc1ccccc1. The van der Waals surface area contributed by atoms with Crippen LogP contribution >= 0.6 is 0 Å². The van der Waals surface area contributed by atoms with E-state index in [-0.39, 0.29) is 0 Å². The van der Waals surface area contributed by atoms with Crippen molar-refractivity contribution in [2.24, 2.45) is 0 Å². The Kier molecular flexibility index (Phi) is 4.97. The zero-order valence-corrected chi connectivity index (χ0v) is 15.3. The van der Waals surface area contributed by atoms with Crippen molar-refractivity contribution >= 4 is 22.9 Å². The Morgan fingerprint density at radius 1 is 0.852 bits per heavy atom. The molecule has 0 amide bonds. The van der Waals surface area contributed by atoms with Gasteiger partial charge in [-0.15, -0.1) is 0 Å². The fourth-order valence-electron chi connectivity index (χ4n) is 3.07. The van der Waals surface area contributed by atoms with Gasteiger partial charge < -0.3 is 4.74 Å². The standard InChI is InChI=1S/C25H21NO/c1-19-17-26-23(16-25(19)27-18-20-8-3-2-4-9-20)15-14-22-12-7-11-21-10-5-6-13-24(21)22/h2-17H,18H2,1H3/b15-14-. The van der Waals surface area contributed by atoms with Crippen molar-refractivity contribution < 1.29 is 4.74 Å². The molecule has 0 radical (unpaired) electrons. The lowest BCUT2D eigenvalue weighted by Gasteiger charge is -2.09. The molecular weight excluding hydrogens is 330 g/mol. The molecule has 132 valence electrons. The van der Waals surface area contributed by atoms with Gasteiger partial charge in [0.2, 0.25) is 0 Å². The van der Waals surface area contributed by atoms with E-state index in [1.807, 2.05) is 43.5 Å². The number of fused-ring (bicyclic) bond motifs is 1. The normalized spacial score (nSPS) is 11.1. The molecule has 0 saturated heterocycles. The number of aromatic nitrogens is 1. The van der Waals surface area contributed by atoms with Crippen LogP contribution in [0, 0.1) is 6.92 Å². The molecule has 0 unspecified atom stereocenters. The van der Waals surface area contributed by atoms with Crippen LogP contribution in [0.5, 0.6) is 5.75 Å². The summed E-state index contributed by atoms with van der Waals surface area (Å²) in [6.07, 6.45) is 6.01. The van der Waals surface area contributed by atoms with Gasteiger partial charge in [-0.25, -0.2) is 0 Å². The van der Waals surface area contributed by atoms with Crippen molar-refractivity contribution in [3.05, 3.63) is 107 Å². The minimum atomic E-state index is 0.554. The Balaban J connectivity index is 1.56. The summed E-state index contributed by atoms with van der Waals surface area (Å²) in [5, 5.41) is 2.48. The maximum atomic E-state index is 6.01. The highest BCUT2D eigenvalue weighted by atomic mass is 16.5. The second-order valence-corrected chi connectivity index (χ2v) is 6.55. The molecule has 4 rings (SSSR count). The minimum Gasteiger partial charge on any atom is -0.488 e. The Hall–Kier alpha value is -3.39. The molecular formula is C25H21NO. The van der Waals surface area contributed by atoms with Crippen LogP contribution in [0.1, 0.15) is 22.4 Å². The molecule has 0 N–H and O–H groups in total. The van der Waals surface area contributed by atoms with Crippen LogP contribution in [0.3, 0.4) is 0 Å². The monoisotopic (exact) mass is 351 g/mol. The number of benzene rings is 3. The highest BCUT2D eigenvalue weighted by Crippen LogP contribution is 2.23. The summed E-state index contributed by atoms with van der Waals surface area (Å²) < 4.78 is 6.01. The van der Waals surface area contributed by atoms with Gasteiger partial charge in [-0.2, -0.15) is 0 Å². The average molecular weight is 351 g/mol. The van der Waals surface area contributed by atoms with Gasteiger partial charge in [0.05, 0.1) is 5.69 Å². The first-order valence-corrected chi connectivity index (χ1v) is 9.09. The Bertz CT molecular complexity index is 1080. The summed E-state index contributed by atoms with van der Waals surface area (Å²) in [7, 11) is 0. The van der Waals surface area contributed by atoms with Crippen molar-refractivity contribution in [2.45, 2.75) is 13.5 Å². The maximum absolute atomic E-state index is 6.01.